The topological polar surface area (TPSA) is 41.5 Å². The summed E-state index contributed by atoms with van der Waals surface area (Å²) in [6, 6.07) is 17.6. The Labute approximate surface area is 144 Å². The van der Waals surface area contributed by atoms with Crippen molar-refractivity contribution in [3.8, 4) is 5.75 Å². The van der Waals surface area contributed by atoms with Crippen LogP contribution in [-0.4, -0.2) is 18.3 Å². The second-order valence-corrected chi connectivity index (χ2v) is 6.77. The van der Waals surface area contributed by atoms with Crippen LogP contribution in [0.1, 0.15) is 54.8 Å². The minimum Gasteiger partial charge on any atom is -0.497 e. The van der Waals surface area contributed by atoms with E-state index < -0.39 is 0 Å². The fourth-order valence-corrected chi connectivity index (χ4v) is 3.69. The molecule has 0 spiro atoms. The van der Waals surface area contributed by atoms with E-state index in [-0.39, 0.29) is 6.61 Å². The number of hydrogen-bond acceptors (Lipinski definition) is 3. The van der Waals surface area contributed by atoms with E-state index in [4.69, 9.17) is 9.84 Å². The van der Waals surface area contributed by atoms with Crippen LogP contribution >= 0.6 is 0 Å². The molecule has 24 heavy (non-hydrogen) atoms. The van der Waals surface area contributed by atoms with Crippen molar-refractivity contribution < 1.29 is 9.84 Å². The molecular formula is C21H27NO2. The summed E-state index contributed by atoms with van der Waals surface area (Å²) in [6.45, 7) is 2.34. The summed E-state index contributed by atoms with van der Waals surface area (Å²) in [4.78, 5) is 0. The van der Waals surface area contributed by atoms with Crippen molar-refractivity contribution in [1.82, 2.24) is 5.32 Å². The third-order valence-electron chi connectivity index (χ3n) is 5.15. The number of rotatable bonds is 6. The van der Waals surface area contributed by atoms with E-state index in [0.29, 0.717) is 18.0 Å². The number of aliphatic hydroxyl groups excluding tert-OH is 1. The zero-order valence-electron chi connectivity index (χ0n) is 14.5. The van der Waals surface area contributed by atoms with Crippen molar-refractivity contribution in [2.24, 2.45) is 0 Å². The predicted molar refractivity (Wildman–Crippen MR) is 97.3 cm³/mol. The number of methoxy groups -OCH3 is 1. The lowest BCUT2D eigenvalue weighted by Gasteiger charge is -2.20. The predicted octanol–water partition coefficient (Wildman–Crippen LogP) is 4.17. The van der Waals surface area contributed by atoms with E-state index in [9.17, 15) is 0 Å². The van der Waals surface area contributed by atoms with Gasteiger partial charge in [0.15, 0.2) is 0 Å². The van der Waals surface area contributed by atoms with Gasteiger partial charge in [-0.3, -0.25) is 0 Å². The molecule has 0 amide bonds. The van der Waals surface area contributed by atoms with Crippen LogP contribution in [0, 0.1) is 0 Å². The molecule has 1 aliphatic rings. The van der Waals surface area contributed by atoms with E-state index in [1.54, 1.807) is 7.11 Å². The van der Waals surface area contributed by atoms with Crippen LogP contribution in [0.2, 0.25) is 0 Å². The summed E-state index contributed by atoms with van der Waals surface area (Å²) < 4.78 is 5.32. The molecule has 1 fully saturated rings. The maximum Gasteiger partial charge on any atom is 0.119 e. The van der Waals surface area contributed by atoms with Crippen molar-refractivity contribution in [3.63, 3.8) is 0 Å². The van der Waals surface area contributed by atoms with Crippen molar-refractivity contribution in [1.29, 1.82) is 0 Å². The van der Waals surface area contributed by atoms with Crippen molar-refractivity contribution in [2.45, 2.75) is 50.8 Å². The smallest absolute Gasteiger partial charge is 0.119 e. The van der Waals surface area contributed by atoms with Crippen LogP contribution in [-0.2, 0) is 6.61 Å². The molecule has 2 aromatic rings. The molecule has 2 unspecified atom stereocenters. The quantitative estimate of drug-likeness (QED) is 0.837. The first-order chi connectivity index (χ1) is 11.7. The van der Waals surface area contributed by atoms with Gasteiger partial charge in [0.1, 0.15) is 5.75 Å². The summed E-state index contributed by atoms with van der Waals surface area (Å²) in [5.41, 5.74) is 3.65. The molecule has 3 rings (SSSR count). The third kappa shape index (κ3) is 3.97. The average molecular weight is 325 g/mol. The Bertz CT molecular complexity index is 653. The average Bonchev–Trinajstić information content (AvgIpc) is 3.10. The van der Waals surface area contributed by atoms with Crippen LogP contribution in [0.15, 0.2) is 48.5 Å². The first kappa shape index (κ1) is 17.0. The maximum atomic E-state index is 9.16. The molecule has 0 saturated heterocycles. The minimum atomic E-state index is 0.118. The van der Waals surface area contributed by atoms with Gasteiger partial charge in [0.25, 0.3) is 0 Å². The molecule has 3 nitrogen and oxygen atoms in total. The summed E-state index contributed by atoms with van der Waals surface area (Å²) >= 11 is 0. The molecule has 1 aliphatic carbocycles. The van der Waals surface area contributed by atoms with Gasteiger partial charge in [0, 0.05) is 12.1 Å². The van der Waals surface area contributed by atoms with Gasteiger partial charge in [0.05, 0.1) is 13.7 Å². The minimum absolute atomic E-state index is 0.118. The lowest BCUT2D eigenvalue weighted by atomic mass is 9.96. The summed E-state index contributed by atoms with van der Waals surface area (Å²) in [5.74, 6) is 1.53. The summed E-state index contributed by atoms with van der Waals surface area (Å²) in [6.07, 6.45) is 3.61. The number of ether oxygens (including phenoxy) is 1. The van der Waals surface area contributed by atoms with Gasteiger partial charge < -0.3 is 15.2 Å². The molecule has 3 heteroatoms. The van der Waals surface area contributed by atoms with Crippen LogP contribution in [0.4, 0.5) is 0 Å². The van der Waals surface area contributed by atoms with Gasteiger partial charge in [-0.1, -0.05) is 36.4 Å². The van der Waals surface area contributed by atoms with Crippen LogP contribution in [0.3, 0.4) is 0 Å². The van der Waals surface area contributed by atoms with Crippen molar-refractivity contribution in [2.75, 3.05) is 7.11 Å². The fraction of sp³-hybridized carbons (Fsp3) is 0.429. The lowest BCUT2D eigenvalue weighted by Crippen LogP contribution is -2.29. The Balaban J connectivity index is 1.58. The Morgan fingerprint density at radius 1 is 1.17 bits per heavy atom. The van der Waals surface area contributed by atoms with Gasteiger partial charge in [-0.05, 0) is 60.9 Å². The molecule has 0 aromatic heterocycles. The molecule has 0 bridgehead atoms. The molecular weight excluding hydrogens is 298 g/mol. The maximum absolute atomic E-state index is 9.16. The van der Waals surface area contributed by atoms with Gasteiger partial charge in [-0.2, -0.15) is 0 Å². The first-order valence-corrected chi connectivity index (χ1v) is 8.79. The highest BCUT2D eigenvalue weighted by Gasteiger charge is 2.26. The molecule has 128 valence electrons. The normalized spacial score (nSPS) is 21.6. The van der Waals surface area contributed by atoms with Gasteiger partial charge >= 0.3 is 0 Å². The fourth-order valence-electron chi connectivity index (χ4n) is 3.69. The Hall–Kier alpha value is -1.84. The Kier molecular flexibility index (Phi) is 5.54. The van der Waals surface area contributed by atoms with Crippen LogP contribution in [0.25, 0.3) is 0 Å². The zero-order chi connectivity index (χ0) is 16.9. The molecule has 3 atom stereocenters. The van der Waals surface area contributed by atoms with Crippen molar-refractivity contribution in [3.05, 3.63) is 65.2 Å². The zero-order valence-corrected chi connectivity index (χ0v) is 14.5. The highest BCUT2D eigenvalue weighted by atomic mass is 16.5. The number of aliphatic hydroxyl groups is 1. The largest absolute Gasteiger partial charge is 0.497 e. The van der Waals surface area contributed by atoms with E-state index in [1.165, 1.54) is 30.4 Å². The monoisotopic (exact) mass is 325 g/mol. The van der Waals surface area contributed by atoms with E-state index >= 15 is 0 Å². The van der Waals surface area contributed by atoms with Crippen LogP contribution < -0.4 is 10.1 Å². The lowest BCUT2D eigenvalue weighted by molar-refractivity contribution is 0.282. The highest BCUT2D eigenvalue weighted by molar-refractivity contribution is 5.30. The second-order valence-electron chi connectivity index (χ2n) is 6.77. The number of nitrogens with one attached hydrogen (secondary N) is 1. The van der Waals surface area contributed by atoms with E-state index in [0.717, 1.165) is 11.3 Å². The van der Waals surface area contributed by atoms with Crippen LogP contribution in [0.5, 0.6) is 5.75 Å². The molecule has 2 N–H and O–H groups in total. The summed E-state index contributed by atoms with van der Waals surface area (Å²) in [5, 5.41) is 12.9. The number of benzene rings is 2. The van der Waals surface area contributed by atoms with Crippen molar-refractivity contribution >= 4 is 0 Å². The molecule has 0 radical (unpaired) electrons. The van der Waals surface area contributed by atoms with Gasteiger partial charge in [-0.15, -0.1) is 0 Å². The van der Waals surface area contributed by atoms with Gasteiger partial charge in [0.2, 0.25) is 0 Å². The molecule has 1 saturated carbocycles. The molecule has 0 aliphatic heterocycles. The molecule has 0 heterocycles. The standard InChI is InChI=1S/C21H27NO2/c1-15(18-4-3-5-21(13-18)24-2)22-20-11-10-19(12-20)17-8-6-16(14-23)7-9-17/h3-9,13,15,19-20,22-23H,10-12,14H2,1-2H3/t15-,19?,20?/m1/s1. The van der Waals surface area contributed by atoms with E-state index in [2.05, 4.69) is 36.5 Å². The second kappa shape index (κ2) is 7.82. The SMILES string of the molecule is COc1cccc([C@@H](C)NC2CCC(c3ccc(CO)cc3)C2)c1. The Morgan fingerprint density at radius 3 is 2.67 bits per heavy atom. The van der Waals surface area contributed by atoms with Gasteiger partial charge in [-0.25, -0.2) is 0 Å². The summed E-state index contributed by atoms with van der Waals surface area (Å²) in [7, 11) is 1.71. The third-order valence-corrected chi connectivity index (χ3v) is 5.15. The Morgan fingerprint density at radius 2 is 1.96 bits per heavy atom. The number of hydrogen-bond donors (Lipinski definition) is 2. The first-order valence-electron chi connectivity index (χ1n) is 8.79. The van der Waals surface area contributed by atoms with E-state index in [1.807, 2.05) is 24.3 Å². The highest BCUT2D eigenvalue weighted by Crippen LogP contribution is 2.35. The molecule has 2 aromatic carbocycles.